The number of halogens is 2. The lowest BCUT2D eigenvalue weighted by Crippen LogP contribution is -2.50. The monoisotopic (exact) mass is 301 g/mol. The van der Waals surface area contributed by atoms with Gasteiger partial charge in [-0.15, -0.1) is 12.4 Å². The zero-order valence-corrected chi connectivity index (χ0v) is 11.8. The maximum Gasteiger partial charge on any atom is 0.162 e. The van der Waals surface area contributed by atoms with Gasteiger partial charge >= 0.3 is 0 Å². The summed E-state index contributed by atoms with van der Waals surface area (Å²) in [5.41, 5.74) is 0.742. The molecule has 0 unspecified atom stereocenters. The lowest BCUT2D eigenvalue weighted by atomic mass is 10.2. The first-order valence-electron chi connectivity index (χ1n) is 5.63. The lowest BCUT2D eigenvalue weighted by molar-refractivity contribution is 0.137. The van der Waals surface area contributed by atoms with Crippen LogP contribution in [0.5, 0.6) is 11.5 Å². The molecule has 2 heterocycles. The fourth-order valence-electron chi connectivity index (χ4n) is 1.81. The molecule has 0 aliphatic carbocycles. The topological polar surface area (TPSA) is 56.3 Å². The fourth-order valence-corrected chi connectivity index (χ4v) is 2.00. The SMILES string of the molecule is COc1cc2ncnc(Cl)c2cc1OC1CNC1.Cl. The number of hydrogen-bond donors (Lipinski definition) is 1. The third-order valence-corrected chi connectivity index (χ3v) is 3.21. The van der Waals surface area contributed by atoms with Crippen molar-refractivity contribution < 1.29 is 9.47 Å². The van der Waals surface area contributed by atoms with E-state index in [2.05, 4.69) is 15.3 Å². The number of fused-ring (bicyclic) bond motifs is 1. The average molecular weight is 302 g/mol. The summed E-state index contributed by atoms with van der Waals surface area (Å²) in [6.45, 7) is 1.69. The number of hydrogen-bond acceptors (Lipinski definition) is 5. The van der Waals surface area contributed by atoms with Crippen molar-refractivity contribution in [3.8, 4) is 11.5 Å². The molecule has 2 aromatic rings. The molecule has 1 N–H and O–H groups in total. The van der Waals surface area contributed by atoms with Gasteiger partial charge in [0.1, 0.15) is 17.6 Å². The predicted octanol–water partition coefficient (Wildman–Crippen LogP) is 2.06. The molecule has 0 amide bonds. The Labute approximate surface area is 121 Å². The number of ether oxygens (including phenoxy) is 2. The summed E-state index contributed by atoms with van der Waals surface area (Å²) in [7, 11) is 1.61. The molecular weight excluding hydrogens is 289 g/mol. The molecule has 1 aromatic carbocycles. The summed E-state index contributed by atoms with van der Waals surface area (Å²) in [4.78, 5) is 8.12. The van der Waals surface area contributed by atoms with Gasteiger partial charge in [0.2, 0.25) is 0 Å². The van der Waals surface area contributed by atoms with Gasteiger partial charge in [0.25, 0.3) is 0 Å². The minimum atomic E-state index is 0. The molecule has 7 heteroatoms. The van der Waals surface area contributed by atoms with Gasteiger partial charge in [0.05, 0.1) is 12.6 Å². The Hall–Kier alpha value is -1.30. The second-order valence-electron chi connectivity index (χ2n) is 4.08. The smallest absolute Gasteiger partial charge is 0.162 e. The molecule has 0 radical (unpaired) electrons. The molecule has 1 aliphatic rings. The van der Waals surface area contributed by atoms with Crippen LogP contribution in [-0.2, 0) is 0 Å². The summed E-state index contributed by atoms with van der Waals surface area (Å²) in [5.74, 6) is 1.33. The Morgan fingerprint density at radius 2 is 2.05 bits per heavy atom. The van der Waals surface area contributed by atoms with Gasteiger partial charge in [-0.05, 0) is 6.07 Å². The van der Waals surface area contributed by atoms with Crippen LogP contribution in [0.15, 0.2) is 18.5 Å². The Balaban J connectivity index is 0.00000133. The summed E-state index contributed by atoms with van der Waals surface area (Å²) in [6.07, 6.45) is 1.61. The van der Waals surface area contributed by atoms with E-state index in [4.69, 9.17) is 21.1 Å². The summed E-state index contributed by atoms with van der Waals surface area (Å²) in [6, 6.07) is 3.64. The summed E-state index contributed by atoms with van der Waals surface area (Å²) in [5, 5.41) is 4.33. The molecule has 102 valence electrons. The maximum atomic E-state index is 6.05. The summed E-state index contributed by atoms with van der Waals surface area (Å²) >= 11 is 6.05. The highest BCUT2D eigenvalue weighted by atomic mass is 35.5. The van der Waals surface area contributed by atoms with E-state index >= 15 is 0 Å². The molecular formula is C12H13Cl2N3O2. The maximum absolute atomic E-state index is 6.05. The zero-order chi connectivity index (χ0) is 12.5. The van der Waals surface area contributed by atoms with Gasteiger partial charge in [-0.1, -0.05) is 11.6 Å². The number of benzene rings is 1. The first-order chi connectivity index (χ1) is 8.78. The van der Waals surface area contributed by atoms with Crippen molar-refractivity contribution in [1.82, 2.24) is 15.3 Å². The third-order valence-electron chi connectivity index (χ3n) is 2.91. The fraction of sp³-hybridized carbons (Fsp3) is 0.333. The minimum Gasteiger partial charge on any atom is -0.493 e. The van der Waals surface area contributed by atoms with Crippen LogP contribution in [-0.4, -0.2) is 36.3 Å². The molecule has 0 spiro atoms. The Morgan fingerprint density at radius 3 is 2.68 bits per heavy atom. The van der Waals surface area contributed by atoms with Crippen molar-refractivity contribution in [2.75, 3.05) is 20.2 Å². The second-order valence-corrected chi connectivity index (χ2v) is 4.44. The normalized spacial score (nSPS) is 14.6. The number of nitrogens with zero attached hydrogens (tertiary/aromatic N) is 2. The van der Waals surface area contributed by atoms with Gasteiger partial charge in [-0.2, -0.15) is 0 Å². The Morgan fingerprint density at radius 1 is 1.26 bits per heavy atom. The summed E-state index contributed by atoms with van der Waals surface area (Å²) < 4.78 is 11.1. The van der Waals surface area contributed by atoms with Crippen LogP contribution in [0.25, 0.3) is 10.9 Å². The van der Waals surface area contributed by atoms with Crippen LogP contribution in [0.3, 0.4) is 0 Å². The standard InChI is InChI=1S/C12H12ClN3O2.ClH/c1-17-10-3-9-8(12(13)16-6-15-9)2-11(10)18-7-4-14-5-7;/h2-3,6-7,14H,4-5H2,1H3;1H. The van der Waals surface area contributed by atoms with Crippen LogP contribution in [0.1, 0.15) is 0 Å². The van der Waals surface area contributed by atoms with E-state index in [1.807, 2.05) is 12.1 Å². The molecule has 3 rings (SSSR count). The van der Waals surface area contributed by atoms with Crippen molar-refractivity contribution in [3.63, 3.8) is 0 Å². The Kier molecular flexibility index (Phi) is 4.29. The van der Waals surface area contributed by atoms with E-state index in [9.17, 15) is 0 Å². The predicted molar refractivity (Wildman–Crippen MR) is 75.6 cm³/mol. The largest absolute Gasteiger partial charge is 0.493 e. The highest BCUT2D eigenvalue weighted by Crippen LogP contribution is 2.34. The molecule has 1 saturated heterocycles. The van der Waals surface area contributed by atoms with E-state index in [0.717, 1.165) is 24.0 Å². The van der Waals surface area contributed by atoms with E-state index < -0.39 is 0 Å². The van der Waals surface area contributed by atoms with E-state index in [1.165, 1.54) is 6.33 Å². The van der Waals surface area contributed by atoms with Crippen LogP contribution in [0.4, 0.5) is 0 Å². The van der Waals surface area contributed by atoms with E-state index in [0.29, 0.717) is 16.7 Å². The second kappa shape index (κ2) is 5.77. The number of methoxy groups -OCH3 is 1. The van der Waals surface area contributed by atoms with E-state index in [-0.39, 0.29) is 18.5 Å². The molecule has 1 fully saturated rings. The molecule has 1 aromatic heterocycles. The van der Waals surface area contributed by atoms with Crippen LogP contribution in [0, 0.1) is 0 Å². The van der Waals surface area contributed by atoms with Gasteiger partial charge in [-0.3, -0.25) is 0 Å². The average Bonchev–Trinajstić information content (AvgIpc) is 2.33. The first-order valence-corrected chi connectivity index (χ1v) is 6.01. The molecule has 0 atom stereocenters. The first kappa shape index (κ1) is 14.1. The molecule has 1 aliphatic heterocycles. The van der Waals surface area contributed by atoms with Crippen molar-refractivity contribution in [1.29, 1.82) is 0 Å². The van der Waals surface area contributed by atoms with Crippen molar-refractivity contribution in [3.05, 3.63) is 23.6 Å². The number of rotatable bonds is 3. The zero-order valence-electron chi connectivity index (χ0n) is 10.2. The third kappa shape index (κ3) is 2.68. The van der Waals surface area contributed by atoms with Gasteiger partial charge in [0, 0.05) is 24.5 Å². The molecule has 5 nitrogen and oxygen atoms in total. The van der Waals surface area contributed by atoms with Crippen LogP contribution < -0.4 is 14.8 Å². The van der Waals surface area contributed by atoms with Crippen molar-refractivity contribution >= 4 is 34.9 Å². The van der Waals surface area contributed by atoms with Crippen LogP contribution in [0.2, 0.25) is 5.15 Å². The molecule has 19 heavy (non-hydrogen) atoms. The number of aromatic nitrogens is 2. The highest BCUT2D eigenvalue weighted by Gasteiger charge is 2.21. The van der Waals surface area contributed by atoms with Gasteiger partial charge < -0.3 is 14.8 Å². The molecule has 0 bridgehead atoms. The van der Waals surface area contributed by atoms with Gasteiger partial charge in [-0.25, -0.2) is 9.97 Å². The van der Waals surface area contributed by atoms with Crippen molar-refractivity contribution in [2.45, 2.75) is 6.10 Å². The van der Waals surface area contributed by atoms with Gasteiger partial charge in [0.15, 0.2) is 11.5 Å². The van der Waals surface area contributed by atoms with Crippen LogP contribution >= 0.6 is 24.0 Å². The Bertz CT molecular complexity index is 590. The van der Waals surface area contributed by atoms with Crippen molar-refractivity contribution in [2.24, 2.45) is 0 Å². The number of nitrogens with one attached hydrogen (secondary N) is 1. The molecule has 0 saturated carbocycles. The minimum absolute atomic E-state index is 0. The highest BCUT2D eigenvalue weighted by molar-refractivity contribution is 6.34. The lowest BCUT2D eigenvalue weighted by Gasteiger charge is -2.28. The van der Waals surface area contributed by atoms with E-state index in [1.54, 1.807) is 7.11 Å². The quantitative estimate of drug-likeness (QED) is 0.880.